The molecule has 1 heterocycles. The monoisotopic (exact) mass is 415 g/mol. The van der Waals surface area contributed by atoms with Crippen LogP contribution in [0.15, 0.2) is 60.8 Å². The summed E-state index contributed by atoms with van der Waals surface area (Å²) in [7, 11) is -2.53. The summed E-state index contributed by atoms with van der Waals surface area (Å²) in [5.74, 6) is -0.807. The molecule has 0 aliphatic carbocycles. The van der Waals surface area contributed by atoms with Gasteiger partial charge in [0.1, 0.15) is 5.82 Å². The van der Waals surface area contributed by atoms with Crippen LogP contribution in [-0.4, -0.2) is 25.5 Å². The quantitative estimate of drug-likeness (QED) is 0.422. The van der Waals surface area contributed by atoms with Crippen molar-refractivity contribution in [3.8, 4) is 11.3 Å². The number of carbonyl (C=O) groups is 1. The normalized spacial score (nSPS) is 11.7. The smallest absolute Gasteiger partial charge is 0.324 e. The molecule has 0 bridgehead atoms. The van der Waals surface area contributed by atoms with Gasteiger partial charge in [0.25, 0.3) is 0 Å². The fourth-order valence-corrected chi connectivity index (χ4v) is 3.60. The molecule has 3 N–H and O–H groups in total. The third-order valence-electron chi connectivity index (χ3n) is 4.15. The highest BCUT2D eigenvalue weighted by molar-refractivity contribution is 7.50. The molecule has 0 fully saturated rings. The number of nitrogens with zero attached hydrogens (tertiary/aromatic N) is 2. The molecule has 0 radical (unpaired) electrons. The van der Waals surface area contributed by atoms with Gasteiger partial charge in [0, 0.05) is 29.9 Å². The van der Waals surface area contributed by atoms with Crippen molar-refractivity contribution in [2.45, 2.75) is 6.16 Å². The number of anilines is 1. The van der Waals surface area contributed by atoms with Crippen molar-refractivity contribution in [3.63, 3.8) is 0 Å². The lowest BCUT2D eigenvalue weighted by atomic mass is 10.1. The van der Waals surface area contributed by atoms with Gasteiger partial charge in [-0.3, -0.25) is 14.0 Å². The van der Waals surface area contributed by atoms with Crippen LogP contribution in [0.25, 0.3) is 17.3 Å². The van der Waals surface area contributed by atoms with E-state index in [4.69, 9.17) is 0 Å². The summed E-state index contributed by atoms with van der Waals surface area (Å²) in [5.41, 5.74) is 2.80. The van der Waals surface area contributed by atoms with Crippen LogP contribution in [0, 0.1) is 5.82 Å². The van der Waals surface area contributed by atoms with Gasteiger partial charge in [0.2, 0.25) is 5.91 Å². The van der Waals surface area contributed by atoms with E-state index in [-0.39, 0.29) is 5.82 Å². The minimum atomic E-state index is -4.27. The number of rotatable bonds is 6. The zero-order valence-corrected chi connectivity index (χ0v) is 16.4. The van der Waals surface area contributed by atoms with Crippen LogP contribution in [0.4, 0.5) is 10.1 Å². The zero-order chi connectivity index (χ0) is 21.0. The number of hydrogen-bond acceptors (Lipinski definition) is 3. The highest BCUT2D eigenvalue weighted by Crippen LogP contribution is 2.40. The fourth-order valence-electron chi connectivity index (χ4n) is 2.88. The van der Waals surface area contributed by atoms with Crippen LogP contribution < -0.4 is 5.32 Å². The van der Waals surface area contributed by atoms with Crippen molar-refractivity contribution in [1.29, 1.82) is 0 Å². The number of benzene rings is 2. The maximum absolute atomic E-state index is 13.2. The Morgan fingerprint density at radius 3 is 2.59 bits per heavy atom. The SMILES string of the molecule is Cn1ncc(/C=C/C(=O)Nc2ccccc2CP(=O)(O)O)c1-c1ccc(F)cc1. The number of carbonyl (C=O) groups excluding carboxylic acids is 1. The summed E-state index contributed by atoms with van der Waals surface area (Å²) in [6, 6.07) is 12.4. The first-order valence-corrected chi connectivity index (χ1v) is 10.4. The number of halogens is 1. The third-order valence-corrected chi connectivity index (χ3v) is 4.90. The second-order valence-electron chi connectivity index (χ2n) is 6.38. The summed E-state index contributed by atoms with van der Waals surface area (Å²) in [6.45, 7) is 0. The Bertz CT molecular complexity index is 1100. The molecule has 29 heavy (non-hydrogen) atoms. The average Bonchev–Trinajstić information content (AvgIpc) is 3.02. The lowest BCUT2D eigenvalue weighted by Gasteiger charge is -2.10. The number of hydrogen-bond donors (Lipinski definition) is 3. The first kappa shape index (κ1) is 20.7. The first-order valence-electron chi connectivity index (χ1n) is 8.62. The lowest BCUT2D eigenvalue weighted by molar-refractivity contribution is -0.111. The fraction of sp³-hybridized carbons (Fsp3) is 0.100. The van der Waals surface area contributed by atoms with Crippen molar-refractivity contribution < 1.29 is 23.5 Å². The maximum Gasteiger partial charge on any atom is 0.329 e. The van der Waals surface area contributed by atoms with E-state index >= 15 is 0 Å². The Labute approximate surface area is 166 Å². The second-order valence-corrected chi connectivity index (χ2v) is 8.03. The van der Waals surface area contributed by atoms with Crippen LogP contribution in [0.5, 0.6) is 0 Å². The van der Waals surface area contributed by atoms with Gasteiger partial charge < -0.3 is 15.1 Å². The van der Waals surface area contributed by atoms with E-state index in [0.29, 0.717) is 16.8 Å². The van der Waals surface area contributed by atoms with E-state index in [9.17, 15) is 23.5 Å². The summed E-state index contributed by atoms with van der Waals surface area (Å²) < 4.78 is 26.1. The van der Waals surface area contributed by atoms with E-state index in [1.54, 1.807) is 60.4 Å². The molecule has 1 amide bonds. The molecular weight excluding hydrogens is 396 g/mol. The van der Waals surface area contributed by atoms with Gasteiger partial charge in [0.15, 0.2) is 0 Å². The Kier molecular flexibility index (Phi) is 6.08. The number of nitrogens with one attached hydrogen (secondary N) is 1. The average molecular weight is 415 g/mol. The molecule has 0 aliphatic rings. The molecule has 2 aromatic carbocycles. The molecule has 7 nitrogen and oxygen atoms in total. The van der Waals surface area contributed by atoms with Gasteiger partial charge in [-0.25, -0.2) is 4.39 Å². The number of aryl methyl sites for hydroxylation is 1. The summed E-state index contributed by atoms with van der Waals surface area (Å²) in [4.78, 5) is 30.7. The van der Waals surface area contributed by atoms with Crippen molar-refractivity contribution >= 4 is 25.3 Å². The predicted molar refractivity (Wildman–Crippen MR) is 108 cm³/mol. The Morgan fingerprint density at radius 1 is 1.21 bits per heavy atom. The highest BCUT2D eigenvalue weighted by atomic mass is 31.2. The van der Waals surface area contributed by atoms with Crippen LogP contribution >= 0.6 is 7.60 Å². The molecule has 0 saturated heterocycles. The van der Waals surface area contributed by atoms with Gasteiger partial charge in [-0.2, -0.15) is 5.10 Å². The molecule has 0 spiro atoms. The van der Waals surface area contributed by atoms with Crippen LogP contribution in [-0.2, 0) is 22.6 Å². The van der Waals surface area contributed by atoms with Gasteiger partial charge >= 0.3 is 7.60 Å². The zero-order valence-electron chi connectivity index (χ0n) is 15.5. The van der Waals surface area contributed by atoms with Crippen molar-refractivity contribution in [2.24, 2.45) is 7.05 Å². The number of para-hydroxylation sites is 1. The Balaban J connectivity index is 1.79. The summed E-state index contributed by atoms with van der Waals surface area (Å²) in [6.07, 6.45) is 4.00. The van der Waals surface area contributed by atoms with E-state index in [1.807, 2.05) is 0 Å². The first-order chi connectivity index (χ1) is 13.7. The lowest BCUT2D eigenvalue weighted by Crippen LogP contribution is -2.09. The molecule has 0 saturated carbocycles. The van der Waals surface area contributed by atoms with Gasteiger partial charge in [0.05, 0.1) is 18.1 Å². The van der Waals surface area contributed by atoms with Crippen LogP contribution in [0.1, 0.15) is 11.1 Å². The standard InChI is InChI=1S/C20H19FN3O4P/c1-24-20(14-6-9-17(21)10-7-14)15(12-22-24)8-11-19(25)23-18-5-3-2-4-16(18)13-29(26,27)28/h2-12H,13H2,1H3,(H,23,25)(H2,26,27,28)/b11-8+. The van der Waals surface area contributed by atoms with E-state index in [1.165, 1.54) is 18.2 Å². The molecule has 1 aromatic heterocycles. The van der Waals surface area contributed by atoms with Crippen molar-refractivity contribution in [2.75, 3.05) is 5.32 Å². The van der Waals surface area contributed by atoms with Gasteiger partial charge in [-0.15, -0.1) is 0 Å². The van der Waals surface area contributed by atoms with E-state index < -0.39 is 19.7 Å². The molecule has 0 unspecified atom stereocenters. The minimum absolute atomic E-state index is 0.329. The molecular formula is C20H19FN3O4P. The molecule has 0 aliphatic heterocycles. The highest BCUT2D eigenvalue weighted by Gasteiger charge is 2.17. The maximum atomic E-state index is 13.2. The molecule has 9 heteroatoms. The molecule has 3 aromatic rings. The van der Waals surface area contributed by atoms with Gasteiger partial charge in [-0.1, -0.05) is 18.2 Å². The summed E-state index contributed by atoms with van der Waals surface area (Å²) >= 11 is 0. The predicted octanol–water partition coefficient (Wildman–Crippen LogP) is 3.56. The minimum Gasteiger partial charge on any atom is -0.324 e. The number of amides is 1. The Hall–Kier alpha value is -3.06. The van der Waals surface area contributed by atoms with Crippen LogP contribution in [0.3, 0.4) is 0 Å². The van der Waals surface area contributed by atoms with Crippen LogP contribution in [0.2, 0.25) is 0 Å². The second kappa shape index (κ2) is 8.53. The van der Waals surface area contributed by atoms with Crippen molar-refractivity contribution in [1.82, 2.24) is 9.78 Å². The summed E-state index contributed by atoms with van der Waals surface area (Å²) in [5, 5.41) is 6.82. The van der Waals surface area contributed by atoms with E-state index in [0.717, 1.165) is 11.3 Å². The van der Waals surface area contributed by atoms with Crippen molar-refractivity contribution in [3.05, 3.63) is 77.7 Å². The molecule has 0 atom stereocenters. The third kappa shape index (κ3) is 5.48. The Morgan fingerprint density at radius 2 is 1.90 bits per heavy atom. The largest absolute Gasteiger partial charge is 0.329 e. The van der Waals surface area contributed by atoms with Gasteiger partial charge in [-0.05, 0) is 42.0 Å². The van der Waals surface area contributed by atoms with E-state index in [2.05, 4.69) is 10.4 Å². The molecule has 3 rings (SSSR count). The number of aromatic nitrogens is 2. The molecule has 150 valence electrons. The topological polar surface area (TPSA) is 104 Å².